The third-order valence-corrected chi connectivity index (χ3v) is 3.98. The molecule has 0 aromatic heterocycles. The van der Waals surface area contributed by atoms with Crippen molar-refractivity contribution in [2.75, 3.05) is 5.32 Å². The number of rotatable bonds is 3. The number of aryl methyl sites for hydroxylation is 1. The second-order valence-corrected chi connectivity index (χ2v) is 6.11. The average Bonchev–Trinajstić information content (AvgIpc) is 2.37. The molecule has 0 saturated heterocycles. The monoisotopic (exact) mass is 412 g/mol. The number of nitro benzene ring substituents is 1. The molecule has 1 N–H and O–H groups in total. The van der Waals surface area contributed by atoms with Crippen LogP contribution in [-0.2, 0) is 0 Å². The summed E-state index contributed by atoms with van der Waals surface area (Å²) in [6.07, 6.45) is 0. The Bertz CT molecular complexity index is 732. The van der Waals surface area contributed by atoms with Crippen molar-refractivity contribution in [3.05, 3.63) is 66.6 Å². The SMILES string of the molecule is Cc1cc(NC(=O)c2ccc(Br)cc2Br)ccc1[N+](=O)[O-]. The fourth-order valence-electron chi connectivity index (χ4n) is 1.81. The quantitative estimate of drug-likeness (QED) is 0.586. The van der Waals surface area contributed by atoms with Crippen LogP contribution < -0.4 is 5.32 Å². The molecule has 1 amide bonds. The summed E-state index contributed by atoms with van der Waals surface area (Å²) in [6.45, 7) is 1.63. The first-order valence-electron chi connectivity index (χ1n) is 5.90. The number of halogens is 2. The lowest BCUT2D eigenvalue weighted by Gasteiger charge is -2.08. The molecule has 0 bridgehead atoms. The first kappa shape index (κ1) is 15.7. The van der Waals surface area contributed by atoms with E-state index < -0.39 is 4.92 Å². The van der Waals surface area contributed by atoms with E-state index in [4.69, 9.17) is 0 Å². The number of nitro groups is 1. The molecule has 0 aliphatic carbocycles. The molecule has 5 nitrogen and oxygen atoms in total. The number of nitrogens with zero attached hydrogens (tertiary/aromatic N) is 1. The Morgan fingerprint density at radius 1 is 1.19 bits per heavy atom. The maximum absolute atomic E-state index is 12.2. The standard InChI is InChI=1S/C14H10Br2N2O3/c1-8-6-10(3-5-13(8)18(20)21)17-14(19)11-4-2-9(15)7-12(11)16/h2-7H,1H3,(H,17,19). The maximum Gasteiger partial charge on any atom is 0.272 e. The Hall–Kier alpha value is -1.73. The smallest absolute Gasteiger partial charge is 0.272 e. The van der Waals surface area contributed by atoms with E-state index in [0.29, 0.717) is 21.3 Å². The number of nitrogens with one attached hydrogen (secondary N) is 1. The van der Waals surface area contributed by atoms with Crippen LogP contribution in [0.4, 0.5) is 11.4 Å². The zero-order valence-corrected chi connectivity index (χ0v) is 14.1. The van der Waals surface area contributed by atoms with Crippen molar-refractivity contribution in [1.29, 1.82) is 0 Å². The van der Waals surface area contributed by atoms with E-state index >= 15 is 0 Å². The molecule has 0 heterocycles. The Morgan fingerprint density at radius 2 is 1.90 bits per heavy atom. The minimum absolute atomic E-state index is 0.0258. The van der Waals surface area contributed by atoms with Gasteiger partial charge in [0, 0.05) is 26.3 Å². The summed E-state index contributed by atoms with van der Waals surface area (Å²) >= 11 is 6.64. The van der Waals surface area contributed by atoms with Crippen LogP contribution in [0.15, 0.2) is 45.3 Å². The minimum Gasteiger partial charge on any atom is -0.322 e. The summed E-state index contributed by atoms with van der Waals surface area (Å²) in [6, 6.07) is 9.68. The molecule has 0 radical (unpaired) electrons. The lowest BCUT2D eigenvalue weighted by atomic mass is 10.1. The molecule has 0 fully saturated rings. The molecular weight excluding hydrogens is 404 g/mol. The zero-order valence-electron chi connectivity index (χ0n) is 10.9. The normalized spacial score (nSPS) is 10.2. The number of carbonyl (C=O) groups is 1. The first-order chi connectivity index (χ1) is 9.88. The lowest BCUT2D eigenvalue weighted by Crippen LogP contribution is -2.12. The van der Waals surface area contributed by atoms with Gasteiger partial charge in [0.15, 0.2) is 0 Å². The molecule has 0 aliphatic rings. The summed E-state index contributed by atoms with van der Waals surface area (Å²) in [7, 11) is 0. The molecule has 108 valence electrons. The number of carbonyl (C=O) groups excluding carboxylic acids is 1. The van der Waals surface area contributed by atoms with Crippen molar-refractivity contribution in [3.63, 3.8) is 0 Å². The van der Waals surface area contributed by atoms with E-state index in [9.17, 15) is 14.9 Å². The van der Waals surface area contributed by atoms with Crippen LogP contribution in [0.1, 0.15) is 15.9 Å². The van der Waals surface area contributed by atoms with Crippen molar-refractivity contribution in [2.45, 2.75) is 6.92 Å². The van der Waals surface area contributed by atoms with Gasteiger partial charge in [-0.2, -0.15) is 0 Å². The highest BCUT2D eigenvalue weighted by Gasteiger charge is 2.14. The van der Waals surface area contributed by atoms with E-state index in [1.165, 1.54) is 12.1 Å². The molecule has 0 atom stereocenters. The van der Waals surface area contributed by atoms with E-state index in [0.717, 1.165) is 4.47 Å². The highest BCUT2D eigenvalue weighted by molar-refractivity contribution is 9.11. The van der Waals surface area contributed by atoms with E-state index in [2.05, 4.69) is 37.2 Å². The van der Waals surface area contributed by atoms with E-state index in [1.807, 2.05) is 0 Å². The Kier molecular flexibility index (Phi) is 4.74. The van der Waals surface area contributed by atoms with Crippen molar-refractivity contribution < 1.29 is 9.72 Å². The molecule has 21 heavy (non-hydrogen) atoms. The van der Waals surface area contributed by atoms with E-state index in [1.54, 1.807) is 31.2 Å². The third kappa shape index (κ3) is 3.68. The number of hydrogen-bond acceptors (Lipinski definition) is 3. The lowest BCUT2D eigenvalue weighted by molar-refractivity contribution is -0.385. The Balaban J connectivity index is 2.23. The van der Waals surface area contributed by atoms with Gasteiger partial charge in [-0.15, -0.1) is 0 Å². The number of amides is 1. The van der Waals surface area contributed by atoms with Gasteiger partial charge in [-0.3, -0.25) is 14.9 Å². The third-order valence-electron chi connectivity index (χ3n) is 2.83. The average molecular weight is 414 g/mol. The molecule has 0 aliphatic heterocycles. The van der Waals surface area contributed by atoms with Crippen molar-refractivity contribution in [2.24, 2.45) is 0 Å². The summed E-state index contributed by atoms with van der Waals surface area (Å²) in [5.41, 5.74) is 1.51. The van der Waals surface area contributed by atoms with Gasteiger partial charge >= 0.3 is 0 Å². The van der Waals surface area contributed by atoms with Crippen LogP contribution >= 0.6 is 31.9 Å². The van der Waals surface area contributed by atoms with Gasteiger partial charge < -0.3 is 5.32 Å². The molecule has 2 aromatic carbocycles. The Morgan fingerprint density at radius 3 is 2.48 bits per heavy atom. The van der Waals surface area contributed by atoms with Crippen LogP contribution in [0.2, 0.25) is 0 Å². The van der Waals surface area contributed by atoms with Crippen LogP contribution in [0.5, 0.6) is 0 Å². The predicted molar refractivity (Wildman–Crippen MR) is 87.6 cm³/mol. The van der Waals surface area contributed by atoms with E-state index in [-0.39, 0.29) is 11.6 Å². The predicted octanol–water partition coefficient (Wildman–Crippen LogP) is 4.68. The van der Waals surface area contributed by atoms with Crippen molar-refractivity contribution in [3.8, 4) is 0 Å². The van der Waals surface area contributed by atoms with Crippen LogP contribution in [0.25, 0.3) is 0 Å². The second kappa shape index (κ2) is 6.36. The van der Waals surface area contributed by atoms with Gasteiger partial charge in [0.05, 0.1) is 10.5 Å². The van der Waals surface area contributed by atoms with Gasteiger partial charge in [-0.1, -0.05) is 15.9 Å². The molecular formula is C14H10Br2N2O3. The molecule has 0 unspecified atom stereocenters. The fourth-order valence-corrected chi connectivity index (χ4v) is 3.04. The minimum atomic E-state index is -0.452. The van der Waals surface area contributed by atoms with Crippen molar-refractivity contribution in [1.82, 2.24) is 0 Å². The Labute approximate surface area is 137 Å². The number of benzene rings is 2. The fraction of sp³-hybridized carbons (Fsp3) is 0.0714. The van der Waals surface area contributed by atoms with Crippen LogP contribution in [-0.4, -0.2) is 10.8 Å². The topological polar surface area (TPSA) is 72.2 Å². The van der Waals surface area contributed by atoms with Crippen molar-refractivity contribution >= 4 is 49.1 Å². The van der Waals surface area contributed by atoms with Gasteiger partial charge in [-0.25, -0.2) is 0 Å². The highest BCUT2D eigenvalue weighted by atomic mass is 79.9. The van der Waals surface area contributed by atoms with Crippen LogP contribution in [0.3, 0.4) is 0 Å². The van der Waals surface area contributed by atoms with Gasteiger partial charge in [0.25, 0.3) is 11.6 Å². The molecule has 2 rings (SSSR count). The zero-order chi connectivity index (χ0) is 15.6. The summed E-state index contributed by atoms with van der Waals surface area (Å²) in [5.74, 6) is -0.289. The second-order valence-electron chi connectivity index (χ2n) is 4.34. The maximum atomic E-state index is 12.2. The molecule has 7 heteroatoms. The molecule has 0 saturated carbocycles. The van der Waals surface area contributed by atoms with Gasteiger partial charge in [0.2, 0.25) is 0 Å². The highest BCUT2D eigenvalue weighted by Crippen LogP contribution is 2.25. The first-order valence-corrected chi connectivity index (χ1v) is 7.48. The van der Waals surface area contributed by atoms with Gasteiger partial charge in [-0.05, 0) is 53.2 Å². The largest absolute Gasteiger partial charge is 0.322 e. The number of anilines is 1. The summed E-state index contributed by atoms with van der Waals surface area (Å²) in [4.78, 5) is 22.5. The summed E-state index contributed by atoms with van der Waals surface area (Å²) in [5, 5.41) is 13.5. The summed E-state index contributed by atoms with van der Waals surface area (Å²) < 4.78 is 1.52. The molecule has 2 aromatic rings. The van der Waals surface area contributed by atoms with Crippen LogP contribution in [0, 0.1) is 17.0 Å². The number of hydrogen-bond donors (Lipinski definition) is 1. The molecule has 0 spiro atoms. The van der Waals surface area contributed by atoms with Gasteiger partial charge in [0.1, 0.15) is 0 Å².